The van der Waals surface area contributed by atoms with Gasteiger partial charge in [-0.1, -0.05) is 47.1 Å². The van der Waals surface area contributed by atoms with Crippen LogP contribution in [0.4, 0.5) is 0 Å². The van der Waals surface area contributed by atoms with E-state index in [1.54, 1.807) is 30.3 Å². The number of aromatic nitrogens is 3. The van der Waals surface area contributed by atoms with Crippen molar-refractivity contribution in [3.63, 3.8) is 0 Å². The summed E-state index contributed by atoms with van der Waals surface area (Å²) in [6.45, 7) is 1.05. The van der Waals surface area contributed by atoms with Gasteiger partial charge in [0.2, 0.25) is 5.91 Å². The number of nitrogens with one attached hydrogen (secondary N) is 1. The Bertz CT molecular complexity index is 1060. The van der Waals surface area contributed by atoms with Crippen molar-refractivity contribution in [1.82, 2.24) is 20.1 Å². The molecule has 1 heterocycles. The SMILES string of the molecule is O=C(CSc1nnc(COc2ccccc2Cl)n1C1CC1)NCCOc1ccc(Cl)cc1. The van der Waals surface area contributed by atoms with Crippen LogP contribution in [0.25, 0.3) is 0 Å². The Morgan fingerprint density at radius 1 is 1.09 bits per heavy atom. The number of para-hydroxylation sites is 1. The molecule has 168 valence electrons. The van der Waals surface area contributed by atoms with Gasteiger partial charge in [-0.15, -0.1) is 10.2 Å². The Morgan fingerprint density at radius 3 is 2.62 bits per heavy atom. The minimum absolute atomic E-state index is 0.0890. The van der Waals surface area contributed by atoms with Gasteiger partial charge < -0.3 is 14.8 Å². The summed E-state index contributed by atoms with van der Waals surface area (Å²) >= 11 is 13.4. The molecule has 3 aromatic rings. The predicted octanol–water partition coefficient (Wildman–Crippen LogP) is 4.79. The minimum Gasteiger partial charge on any atom is -0.492 e. The highest BCUT2D eigenvalue weighted by molar-refractivity contribution is 7.99. The van der Waals surface area contributed by atoms with E-state index in [-0.39, 0.29) is 18.3 Å². The Kier molecular flexibility index (Phi) is 7.78. The Hall–Kier alpha value is -2.42. The van der Waals surface area contributed by atoms with Crippen LogP contribution in [-0.2, 0) is 11.4 Å². The van der Waals surface area contributed by atoms with Crippen molar-refractivity contribution in [2.75, 3.05) is 18.9 Å². The van der Waals surface area contributed by atoms with E-state index in [0.29, 0.717) is 40.7 Å². The van der Waals surface area contributed by atoms with Crippen molar-refractivity contribution in [2.24, 2.45) is 0 Å². The Labute approximate surface area is 200 Å². The second kappa shape index (κ2) is 10.9. The molecule has 2 aromatic carbocycles. The van der Waals surface area contributed by atoms with Gasteiger partial charge in [0.15, 0.2) is 11.0 Å². The molecule has 0 radical (unpaired) electrons. The summed E-state index contributed by atoms with van der Waals surface area (Å²) < 4.78 is 13.5. The lowest BCUT2D eigenvalue weighted by Crippen LogP contribution is -2.29. The zero-order valence-electron chi connectivity index (χ0n) is 17.2. The Morgan fingerprint density at radius 2 is 1.88 bits per heavy atom. The van der Waals surface area contributed by atoms with E-state index in [2.05, 4.69) is 20.1 Å². The molecule has 7 nitrogen and oxygen atoms in total. The summed E-state index contributed by atoms with van der Waals surface area (Å²) in [6.07, 6.45) is 2.14. The van der Waals surface area contributed by atoms with Crippen LogP contribution >= 0.6 is 35.0 Å². The molecule has 1 amide bonds. The average Bonchev–Trinajstić information content (AvgIpc) is 3.56. The molecule has 0 atom stereocenters. The van der Waals surface area contributed by atoms with Crippen molar-refractivity contribution in [3.8, 4) is 11.5 Å². The third kappa shape index (κ3) is 6.31. The molecule has 4 rings (SSSR count). The van der Waals surface area contributed by atoms with Crippen molar-refractivity contribution in [3.05, 3.63) is 64.4 Å². The first kappa shape index (κ1) is 22.8. The lowest BCUT2D eigenvalue weighted by atomic mass is 10.3. The topological polar surface area (TPSA) is 78.3 Å². The molecule has 1 aliphatic carbocycles. The number of thioether (sulfide) groups is 1. The summed E-state index contributed by atoms with van der Waals surface area (Å²) in [5.41, 5.74) is 0. The van der Waals surface area contributed by atoms with Gasteiger partial charge in [-0.2, -0.15) is 0 Å². The lowest BCUT2D eigenvalue weighted by Gasteiger charge is -2.11. The molecular formula is C22H22Cl2N4O3S. The molecule has 1 N–H and O–H groups in total. The molecule has 10 heteroatoms. The molecule has 1 aliphatic rings. The normalized spacial score (nSPS) is 13.1. The van der Waals surface area contributed by atoms with E-state index in [4.69, 9.17) is 32.7 Å². The van der Waals surface area contributed by atoms with Gasteiger partial charge in [0, 0.05) is 11.1 Å². The van der Waals surface area contributed by atoms with Crippen molar-refractivity contribution in [1.29, 1.82) is 0 Å². The van der Waals surface area contributed by atoms with Gasteiger partial charge >= 0.3 is 0 Å². The van der Waals surface area contributed by atoms with E-state index in [0.717, 1.165) is 23.8 Å². The molecule has 1 fully saturated rings. The van der Waals surface area contributed by atoms with E-state index in [9.17, 15) is 4.79 Å². The van der Waals surface area contributed by atoms with Crippen molar-refractivity contribution in [2.45, 2.75) is 30.6 Å². The number of nitrogens with zero attached hydrogens (tertiary/aromatic N) is 3. The van der Waals surface area contributed by atoms with Gasteiger partial charge in [0.25, 0.3) is 0 Å². The fourth-order valence-corrected chi connectivity index (χ4v) is 4.15. The van der Waals surface area contributed by atoms with E-state index in [1.165, 1.54) is 11.8 Å². The van der Waals surface area contributed by atoms with Crippen molar-refractivity contribution < 1.29 is 14.3 Å². The van der Waals surface area contributed by atoms with Crippen LogP contribution < -0.4 is 14.8 Å². The third-order valence-electron chi connectivity index (χ3n) is 4.68. The number of hydrogen-bond donors (Lipinski definition) is 1. The first-order valence-electron chi connectivity index (χ1n) is 10.2. The summed E-state index contributed by atoms with van der Waals surface area (Å²) in [5, 5.41) is 13.3. The van der Waals surface area contributed by atoms with E-state index in [1.807, 2.05) is 18.2 Å². The summed E-state index contributed by atoms with van der Waals surface area (Å²) in [4.78, 5) is 12.2. The molecule has 0 spiro atoms. The van der Waals surface area contributed by atoms with Gasteiger partial charge in [-0.3, -0.25) is 9.36 Å². The van der Waals surface area contributed by atoms with Crippen LogP contribution in [0.2, 0.25) is 10.0 Å². The standard InChI is InChI=1S/C22H22Cl2N4O3S/c23-15-5-9-17(10-6-15)30-12-11-25-21(29)14-32-22-27-26-20(28(22)16-7-8-16)13-31-19-4-2-1-3-18(19)24/h1-6,9-10,16H,7-8,11-14H2,(H,25,29). The largest absolute Gasteiger partial charge is 0.492 e. The number of carbonyl (C=O) groups is 1. The zero-order valence-corrected chi connectivity index (χ0v) is 19.5. The number of halogens is 2. The highest BCUT2D eigenvalue weighted by atomic mass is 35.5. The van der Waals surface area contributed by atoms with E-state index >= 15 is 0 Å². The molecule has 1 saturated carbocycles. The second-order valence-electron chi connectivity index (χ2n) is 7.16. The summed E-state index contributed by atoms with van der Waals surface area (Å²) in [7, 11) is 0. The summed E-state index contributed by atoms with van der Waals surface area (Å²) in [6, 6.07) is 14.8. The monoisotopic (exact) mass is 492 g/mol. The van der Waals surface area contributed by atoms with Gasteiger partial charge in [-0.25, -0.2) is 0 Å². The molecular weight excluding hydrogens is 471 g/mol. The average molecular weight is 493 g/mol. The number of ether oxygens (including phenoxy) is 2. The molecule has 1 aromatic heterocycles. The second-order valence-corrected chi connectivity index (χ2v) is 8.95. The first-order chi connectivity index (χ1) is 15.6. The van der Waals surface area contributed by atoms with E-state index < -0.39 is 0 Å². The lowest BCUT2D eigenvalue weighted by molar-refractivity contribution is -0.118. The van der Waals surface area contributed by atoms with Crippen LogP contribution in [-0.4, -0.2) is 39.6 Å². The molecule has 0 bridgehead atoms. The first-order valence-corrected chi connectivity index (χ1v) is 11.9. The van der Waals surface area contributed by atoms with Gasteiger partial charge in [0.05, 0.1) is 17.3 Å². The number of benzene rings is 2. The van der Waals surface area contributed by atoms with Gasteiger partial charge in [-0.05, 0) is 49.2 Å². The van der Waals surface area contributed by atoms with Crippen LogP contribution in [0.5, 0.6) is 11.5 Å². The number of amides is 1. The third-order valence-corrected chi connectivity index (χ3v) is 6.19. The van der Waals surface area contributed by atoms with Crippen LogP contribution in [0.15, 0.2) is 53.7 Å². The molecule has 0 unspecified atom stereocenters. The Balaban J connectivity index is 1.24. The van der Waals surface area contributed by atoms with Crippen LogP contribution in [0.1, 0.15) is 24.7 Å². The maximum Gasteiger partial charge on any atom is 0.230 e. The van der Waals surface area contributed by atoms with Crippen LogP contribution in [0, 0.1) is 0 Å². The number of hydrogen-bond acceptors (Lipinski definition) is 6. The van der Waals surface area contributed by atoms with Crippen LogP contribution in [0.3, 0.4) is 0 Å². The molecule has 32 heavy (non-hydrogen) atoms. The maximum atomic E-state index is 12.2. The van der Waals surface area contributed by atoms with Crippen molar-refractivity contribution >= 4 is 40.9 Å². The molecule has 0 aliphatic heterocycles. The fourth-order valence-electron chi connectivity index (χ4n) is 2.98. The highest BCUT2D eigenvalue weighted by Gasteiger charge is 2.30. The minimum atomic E-state index is -0.0890. The zero-order chi connectivity index (χ0) is 22.3. The highest BCUT2D eigenvalue weighted by Crippen LogP contribution is 2.39. The molecule has 0 saturated heterocycles. The smallest absolute Gasteiger partial charge is 0.230 e. The fraction of sp³-hybridized carbons (Fsp3) is 0.318. The summed E-state index contributed by atoms with van der Waals surface area (Å²) in [5.74, 6) is 2.20. The quantitative estimate of drug-likeness (QED) is 0.306. The van der Waals surface area contributed by atoms with Gasteiger partial charge in [0.1, 0.15) is 24.7 Å². The number of carbonyl (C=O) groups excluding carboxylic acids is 1. The predicted molar refractivity (Wildman–Crippen MR) is 125 cm³/mol. The number of rotatable bonds is 11. The maximum absolute atomic E-state index is 12.2.